The van der Waals surface area contributed by atoms with E-state index in [1.165, 1.54) is 0 Å². The van der Waals surface area contributed by atoms with Gasteiger partial charge in [-0.1, -0.05) is 12.1 Å². The van der Waals surface area contributed by atoms with Gasteiger partial charge in [-0.05, 0) is 31.4 Å². The lowest BCUT2D eigenvalue weighted by Gasteiger charge is -2.35. The van der Waals surface area contributed by atoms with Crippen molar-refractivity contribution in [2.75, 3.05) is 0 Å². The number of hydrogen-bond acceptors (Lipinski definition) is 2. The van der Waals surface area contributed by atoms with Gasteiger partial charge in [0.05, 0.1) is 5.56 Å². The third kappa shape index (κ3) is 0.755. The fourth-order valence-electron chi connectivity index (χ4n) is 2.07. The number of para-hydroxylation sites is 1. The monoisotopic (exact) mass is 174 g/mol. The van der Waals surface area contributed by atoms with Crippen molar-refractivity contribution < 1.29 is 9.53 Å². The van der Waals surface area contributed by atoms with E-state index in [1.54, 1.807) is 0 Å². The largest absolute Gasteiger partial charge is 0.478 e. The van der Waals surface area contributed by atoms with Crippen molar-refractivity contribution in [3.05, 3.63) is 29.8 Å². The Hall–Kier alpha value is -1.31. The van der Waals surface area contributed by atoms with Gasteiger partial charge in [-0.15, -0.1) is 0 Å². The van der Waals surface area contributed by atoms with Gasteiger partial charge in [0.25, 0.3) is 0 Å². The van der Waals surface area contributed by atoms with Gasteiger partial charge in [0, 0.05) is 0 Å². The first-order valence-corrected chi connectivity index (χ1v) is 4.65. The Morgan fingerprint density at radius 3 is 2.62 bits per heavy atom. The molecule has 0 unspecified atom stereocenters. The molecule has 1 aromatic carbocycles. The lowest BCUT2D eigenvalue weighted by molar-refractivity contribution is 0.0175. The van der Waals surface area contributed by atoms with Crippen molar-refractivity contribution in [3.8, 4) is 5.75 Å². The van der Waals surface area contributed by atoms with E-state index in [1.807, 2.05) is 24.3 Å². The molecule has 66 valence electrons. The van der Waals surface area contributed by atoms with Crippen LogP contribution in [0.2, 0.25) is 0 Å². The molecular weight excluding hydrogens is 164 g/mol. The second-order valence-corrected chi connectivity index (χ2v) is 3.78. The van der Waals surface area contributed by atoms with Crippen LogP contribution in [0.5, 0.6) is 5.75 Å². The van der Waals surface area contributed by atoms with Crippen LogP contribution in [0.15, 0.2) is 24.3 Å². The molecule has 2 heteroatoms. The Morgan fingerprint density at radius 2 is 2.00 bits per heavy atom. The number of carbonyl (C=O) groups excluding carboxylic acids is 1. The number of ketones is 1. The van der Waals surface area contributed by atoms with Crippen LogP contribution in [0, 0.1) is 0 Å². The summed E-state index contributed by atoms with van der Waals surface area (Å²) in [6.45, 7) is 0. The zero-order chi connectivity index (χ0) is 8.89. The molecule has 1 aliphatic heterocycles. The van der Waals surface area contributed by atoms with E-state index in [9.17, 15) is 4.79 Å². The highest BCUT2D eigenvalue weighted by Gasteiger charge is 2.51. The van der Waals surface area contributed by atoms with Gasteiger partial charge in [0.15, 0.2) is 5.60 Å². The Bertz CT molecular complexity index is 377. The number of benzene rings is 1. The number of rotatable bonds is 0. The molecule has 1 spiro atoms. The average molecular weight is 174 g/mol. The highest BCUT2D eigenvalue weighted by atomic mass is 16.5. The minimum absolute atomic E-state index is 0.189. The van der Waals surface area contributed by atoms with Crippen molar-refractivity contribution >= 4 is 5.78 Å². The lowest BCUT2D eigenvalue weighted by atomic mass is 9.76. The quantitative estimate of drug-likeness (QED) is 0.602. The van der Waals surface area contributed by atoms with E-state index < -0.39 is 5.60 Å². The lowest BCUT2D eigenvalue weighted by Crippen LogP contribution is -2.46. The standard InChI is InChI=1S/C11H10O2/c12-10-8-4-1-2-5-9(8)13-11(10)6-3-7-11/h1-2,4-5H,3,6-7H2. The maximum atomic E-state index is 11.9. The van der Waals surface area contributed by atoms with Crippen molar-refractivity contribution in [2.45, 2.75) is 24.9 Å². The number of carbonyl (C=O) groups is 1. The first-order chi connectivity index (χ1) is 6.32. The predicted octanol–water partition coefficient (Wildman–Crippen LogP) is 2.18. The summed E-state index contributed by atoms with van der Waals surface area (Å²) >= 11 is 0. The first kappa shape index (κ1) is 7.13. The fraction of sp³-hybridized carbons (Fsp3) is 0.364. The van der Waals surface area contributed by atoms with Gasteiger partial charge >= 0.3 is 0 Å². The Kier molecular flexibility index (Phi) is 1.17. The molecule has 3 rings (SSSR count). The van der Waals surface area contributed by atoms with E-state index in [-0.39, 0.29) is 5.78 Å². The van der Waals surface area contributed by atoms with Crippen LogP contribution in [0.25, 0.3) is 0 Å². The molecule has 0 amide bonds. The van der Waals surface area contributed by atoms with Crippen LogP contribution in [0.1, 0.15) is 29.6 Å². The van der Waals surface area contributed by atoms with Crippen molar-refractivity contribution in [3.63, 3.8) is 0 Å². The van der Waals surface area contributed by atoms with Crippen LogP contribution in [-0.2, 0) is 0 Å². The van der Waals surface area contributed by atoms with Crippen LogP contribution in [0.4, 0.5) is 0 Å². The molecule has 1 saturated carbocycles. The highest BCUT2D eigenvalue weighted by Crippen LogP contribution is 2.45. The number of ether oxygens (including phenoxy) is 1. The average Bonchev–Trinajstić information content (AvgIpc) is 2.40. The topological polar surface area (TPSA) is 26.3 Å². The second kappa shape index (κ2) is 2.13. The Morgan fingerprint density at radius 1 is 1.23 bits per heavy atom. The van der Waals surface area contributed by atoms with Gasteiger partial charge in [0.2, 0.25) is 5.78 Å². The molecular formula is C11H10O2. The molecule has 1 heterocycles. The molecule has 0 atom stereocenters. The number of fused-ring (bicyclic) bond motifs is 1. The van der Waals surface area contributed by atoms with E-state index in [0.29, 0.717) is 0 Å². The third-order valence-electron chi connectivity index (χ3n) is 3.01. The van der Waals surface area contributed by atoms with Crippen molar-refractivity contribution in [1.29, 1.82) is 0 Å². The second-order valence-electron chi connectivity index (χ2n) is 3.78. The highest BCUT2D eigenvalue weighted by molar-refractivity contribution is 6.07. The zero-order valence-electron chi connectivity index (χ0n) is 7.25. The van der Waals surface area contributed by atoms with Crippen LogP contribution < -0.4 is 4.74 Å². The summed E-state index contributed by atoms with van der Waals surface area (Å²) in [5.74, 6) is 0.960. The summed E-state index contributed by atoms with van der Waals surface area (Å²) in [7, 11) is 0. The molecule has 1 aliphatic carbocycles. The van der Waals surface area contributed by atoms with Crippen molar-refractivity contribution in [1.82, 2.24) is 0 Å². The van der Waals surface area contributed by atoms with Crippen LogP contribution in [0.3, 0.4) is 0 Å². The van der Waals surface area contributed by atoms with E-state index in [4.69, 9.17) is 4.74 Å². The smallest absolute Gasteiger partial charge is 0.210 e. The van der Waals surface area contributed by atoms with Gasteiger partial charge in [-0.25, -0.2) is 0 Å². The maximum absolute atomic E-state index is 11.9. The first-order valence-electron chi connectivity index (χ1n) is 4.65. The maximum Gasteiger partial charge on any atom is 0.210 e. The van der Waals surface area contributed by atoms with Crippen LogP contribution in [-0.4, -0.2) is 11.4 Å². The van der Waals surface area contributed by atoms with Gasteiger partial charge in [-0.3, -0.25) is 4.79 Å². The summed E-state index contributed by atoms with van der Waals surface area (Å²) in [5.41, 5.74) is 0.311. The fourth-order valence-corrected chi connectivity index (χ4v) is 2.07. The van der Waals surface area contributed by atoms with Gasteiger partial charge < -0.3 is 4.74 Å². The molecule has 0 N–H and O–H groups in total. The van der Waals surface area contributed by atoms with E-state index >= 15 is 0 Å². The van der Waals surface area contributed by atoms with E-state index in [0.717, 1.165) is 30.6 Å². The summed E-state index contributed by atoms with van der Waals surface area (Å²) in [6.07, 6.45) is 2.89. The molecule has 1 aromatic rings. The van der Waals surface area contributed by atoms with Gasteiger partial charge in [-0.2, -0.15) is 0 Å². The van der Waals surface area contributed by atoms with E-state index in [2.05, 4.69) is 0 Å². The number of Topliss-reactive ketones (excluding diaryl/α,β-unsaturated/α-hetero) is 1. The molecule has 13 heavy (non-hydrogen) atoms. The molecule has 0 bridgehead atoms. The minimum atomic E-state index is -0.455. The molecule has 2 aliphatic rings. The Labute approximate surface area is 76.5 Å². The summed E-state index contributed by atoms with van der Waals surface area (Å²) in [4.78, 5) is 11.9. The molecule has 1 fully saturated rings. The van der Waals surface area contributed by atoms with Crippen LogP contribution >= 0.6 is 0 Å². The summed E-state index contributed by atoms with van der Waals surface area (Å²) in [6, 6.07) is 7.52. The van der Waals surface area contributed by atoms with Gasteiger partial charge in [0.1, 0.15) is 5.75 Å². The SMILES string of the molecule is O=C1c2ccccc2OC12CCC2. The number of hydrogen-bond donors (Lipinski definition) is 0. The molecule has 0 saturated heterocycles. The normalized spacial score (nSPS) is 22.3. The molecule has 2 nitrogen and oxygen atoms in total. The summed E-state index contributed by atoms with van der Waals surface area (Å²) < 4.78 is 5.69. The third-order valence-corrected chi connectivity index (χ3v) is 3.01. The molecule has 0 aromatic heterocycles. The summed E-state index contributed by atoms with van der Waals surface area (Å²) in [5, 5.41) is 0. The minimum Gasteiger partial charge on any atom is -0.478 e. The molecule has 0 radical (unpaired) electrons. The zero-order valence-corrected chi connectivity index (χ0v) is 7.25. The Balaban J connectivity index is 2.11. The predicted molar refractivity (Wildman–Crippen MR) is 48.0 cm³/mol. The van der Waals surface area contributed by atoms with Crippen molar-refractivity contribution in [2.24, 2.45) is 0 Å².